The molecule has 0 unspecified atom stereocenters. The molecule has 0 spiro atoms. The molecule has 1 amide bonds. The SMILES string of the molecule is Cc1ccc(C(=O)N2C[C@@H](C)O[C@@H](C)C2)cc1[N+](=O)[O-]. The van der Waals surface area contributed by atoms with Gasteiger partial charge < -0.3 is 9.64 Å². The van der Waals surface area contributed by atoms with Crippen LogP contribution in [0.5, 0.6) is 0 Å². The molecule has 1 heterocycles. The first-order valence-electron chi connectivity index (χ1n) is 6.58. The topological polar surface area (TPSA) is 72.7 Å². The summed E-state index contributed by atoms with van der Waals surface area (Å²) in [4.78, 5) is 24.6. The van der Waals surface area contributed by atoms with Crippen LogP contribution in [0.3, 0.4) is 0 Å². The number of hydrogen-bond donors (Lipinski definition) is 0. The van der Waals surface area contributed by atoms with E-state index in [2.05, 4.69) is 0 Å². The summed E-state index contributed by atoms with van der Waals surface area (Å²) in [6.07, 6.45) is -0.0498. The van der Waals surface area contributed by atoms with Crippen molar-refractivity contribution >= 4 is 11.6 Å². The highest BCUT2D eigenvalue weighted by molar-refractivity contribution is 5.95. The fourth-order valence-corrected chi connectivity index (χ4v) is 2.47. The number of hydrogen-bond acceptors (Lipinski definition) is 4. The van der Waals surface area contributed by atoms with Crippen LogP contribution >= 0.6 is 0 Å². The first kappa shape index (κ1) is 14.5. The van der Waals surface area contributed by atoms with Gasteiger partial charge in [-0.3, -0.25) is 14.9 Å². The number of nitro benzene ring substituents is 1. The number of nitrogens with zero attached hydrogens (tertiary/aromatic N) is 2. The molecule has 0 aliphatic carbocycles. The van der Waals surface area contributed by atoms with E-state index >= 15 is 0 Å². The number of rotatable bonds is 2. The maximum Gasteiger partial charge on any atom is 0.273 e. The Balaban J connectivity index is 2.25. The minimum Gasteiger partial charge on any atom is -0.372 e. The lowest BCUT2D eigenvalue weighted by Crippen LogP contribution is -2.48. The second kappa shape index (κ2) is 5.58. The van der Waals surface area contributed by atoms with Gasteiger partial charge in [0.1, 0.15) is 0 Å². The summed E-state index contributed by atoms with van der Waals surface area (Å²) >= 11 is 0. The Morgan fingerprint density at radius 3 is 2.50 bits per heavy atom. The molecule has 108 valence electrons. The monoisotopic (exact) mass is 278 g/mol. The predicted octanol–water partition coefficient (Wildman–Crippen LogP) is 2.15. The molecule has 1 aliphatic rings. The van der Waals surface area contributed by atoms with Crippen molar-refractivity contribution in [2.24, 2.45) is 0 Å². The second-order valence-corrected chi connectivity index (χ2v) is 5.23. The van der Waals surface area contributed by atoms with Gasteiger partial charge in [-0.25, -0.2) is 0 Å². The fourth-order valence-electron chi connectivity index (χ4n) is 2.47. The lowest BCUT2D eigenvalue weighted by atomic mass is 10.1. The quantitative estimate of drug-likeness (QED) is 0.613. The van der Waals surface area contributed by atoms with Crippen LogP contribution in [0.4, 0.5) is 5.69 Å². The van der Waals surface area contributed by atoms with Gasteiger partial charge in [0.2, 0.25) is 0 Å². The Morgan fingerprint density at radius 2 is 1.95 bits per heavy atom. The third-order valence-electron chi connectivity index (χ3n) is 3.36. The zero-order valence-electron chi connectivity index (χ0n) is 11.8. The zero-order valence-corrected chi connectivity index (χ0v) is 11.8. The van der Waals surface area contributed by atoms with Gasteiger partial charge in [-0.1, -0.05) is 6.07 Å². The van der Waals surface area contributed by atoms with E-state index in [1.54, 1.807) is 24.0 Å². The number of amides is 1. The molecule has 1 aliphatic heterocycles. The molecule has 0 aromatic heterocycles. The summed E-state index contributed by atoms with van der Waals surface area (Å²) in [6, 6.07) is 4.59. The number of carbonyl (C=O) groups excluding carboxylic acids is 1. The lowest BCUT2D eigenvalue weighted by molar-refractivity contribution is -0.385. The third-order valence-corrected chi connectivity index (χ3v) is 3.36. The molecule has 0 N–H and O–H groups in total. The molecule has 0 saturated carbocycles. The summed E-state index contributed by atoms with van der Waals surface area (Å²) in [7, 11) is 0. The van der Waals surface area contributed by atoms with Gasteiger partial charge in [-0.15, -0.1) is 0 Å². The van der Waals surface area contributed by atoms with Crippen LogP contribution in [0.15, 0.2) is 18.2 Å². The molecule has 6 heteroatoms. The van der Waals surface area contributed by atoms with E-state index in [1.807, 2.05) is 13.8 Å². The van der Waals surface area contributed by atoms with E-state index in [0.29, 0.717) is 24.2 Å². The van der Waals surface area contributed by atoms with Crippen molar-refractivity contribution in [3.05, 3.63) is 39.4 Å². The molecule has 1 saturated heterocycles. The van der Waals surface area contributed by atoms with Crippen LogP contribution in [0.25, 0.3) is 0 Å². The molecule has 20 heavy (non-hydrogen) atoms. The highest BCUT2D eigenvalue weighted by atomic mass is 16.6. The van der Waals surface area contributed by atoms with E-state index in [9.17, 15) is 14.9 Å². The Morgan fingerprint density at radius 1 is 1.35 bits per heavy atom. The number of nitro groups is 1. The highest BCUT2D eigenvalue weighted by Gasteiger charge is 2.27. The maximum atomic E-state index is 12.4. The van der Waals surface area contributed by atoms with Crippen LogP contribution in [0.1, 0.15) is 29.8 Å². The Hall–Kier alpha value is -1.95. The number of carbonyl (C=O) groups is 1. The van der Waals surface area contributed by atoms with E-state index in [-0.39, 0.29) is 23.8 Å². The average Bonchev–Trinajstić information content (AvgIpc) is 2.37. The standard InChI is InChI=1S/C14H18N2O4/c1-9-4-5-12(6-13(9)16(18)19)14(17)15-7-10(2)20-11(3)8-15/h4-6,10-11H,7-8H2,1-3H3/t10-,11+. The average molecular weight is 278 g/mol. The van der Waals surface area contributed by atoms with Crippen LogP contribution in [0.2, 0.25) is 0 Å². The van der Waals surface area contributed by atoms with E-state index in [4.69, 9.17) is 4.74 Å². The van der Waals surface area contributed by atoms with Gasteiger partial charge >= 0.3 is 0 Å². The van der Waals surface area contributed by atoms with Crippen LogP contribution in [0, 0.1) is 17.0 Å². The van der Waals surface area contributed by atoms with Gasteiger partial charge in [-0.2, -0.15) is 0 Å². The smallest absolute Gasteiger partial charge is 0.273 e. The first-order valence-corrected chi connectivity index (χ1v) is 6.58. The molecule has 6 nitrogen and oxygen atoms in total. The van der Waals surface area contributed by atoms with Gasteiger partial charge in [0.15, 0.2) is 0 Å². The van der Waals surface area contributed by atoms with Gasteiger partial charge in [-0.05, 0) is 26.8 Å². The molecular weight excluding hydrogens is 260 g/mol. The highest BCUT2D eigenvalue weighted by Crippen LogP contribution is 2.21. The Kier molecular flexibility index (Phi) is 4.04. The van der Waals surface area contributed by atoms with E-state index in [1.165, 1.54) is 6.07 Å². The lowest BCUT2D eigenvalue weighted by Gasteiger charge is -2.35. The third kappa shape index (κ3) is 2.96. The van der Waals surface area contributed by atoms with Crippen molar-refractivity contribution in [2.75, 3.05) is 13.1 Å². The second-order valence-electron chi connectivity index (χ2n) is 5.23. The number of morpholine rings is 1. The first-order chi connectivity index (χ1) is 9.38. The minimum absolute atomic E-state index is 0.0230. The van der Waals surface area contributed by atoms with Crippen molar-refractivity contribution in [3.63, 3.8) is 0 Å². The van der Waals surface area contributed by atoms with Crippen molar-refractivity contribution in [1.82, 2.24) is 4.90 Å². The number of aryl methyl sites for hydroxylation is 1. The minimum atomic E-state index is -0.462. The van der Waals surface area contributed by atoms with E-state index in [0.717, 1.165) is 0 Å². The summed E-state index contributed by atoms with van der Waals surface area (Å²) < 4.78 is 5.58. The largest absolute Gasteiger partial charge is 0.372 e. The van der Waals surface area contributed by atoms with Gasteiger partial charge in [0.05, 0.1) is 17.1 Å². The maximum absolute atomic E-state index is 12.4. The fraction of sp³-hybridized carbons (Fsp3) is 0.500. The van der Waals surface area contributed by atoms with Crippen LogP contribution in [-0.4, -0.2) is 41.0 Å². The Labute approximate surface area is 117 Å². The summed E-state index contributed by atoms with van der Waals surface area (Å²) in [5.74, 6) is -0.185. The zero-order chi connectivity index (χ0) is 14.9. The van der Waals surface area contributed by atoms with Crippen molar-refractivity contribution in [1.29, 1.82) is 0 Å². The summed E-state index contributed by atoms with van der Waals surface area (Å²) in [5.41, 5.74) is 0.879. The summed E-state index contributed by atoms with van der Waals surface area (Å²) in [5, 5.41) is 10.9. The van der Waals surface area contributed by atoms with E-state index < -0.39 is 4.92 Å². The van der Waals surface area contributed by atoms with Crippen LogP contribution in [-0.2, 0) is 4.74 Å². The molecule has 0 radical (unpaired) electrons. The van der Waals surface area contributed by atoms with Gasteiger partial charge in [0, 0.05) is 30.3 Å². The normalized spacial score (nSPS) is 22.6. The Bertz CT molecular complexity index is 534. The number of ether oxygens (including phenoxy) is 1. The molecule has 1 fully saturated rings. The number of benzene rings is 1. The van der Waals surface area contributed by atoms with Gasteiger partial charge in [0.25, 0.3) is 11.6 Å². The molecule has 0 bridgehead atoms. The van der Waals surface area contributed by atoms with Crippen molar-refractivity contribution in [3.8, 4) is 0 Å². The molecule has 2 rings (SSSR count). The molecular formula is C14H18N2O4. The molecule has 1 aromatic rings. The van der Waals surface area contributed by atoms with Crippen molar-refractivity contribution < 1.29 is 14.5 Å². The van der Waals surface area contributed by atoms with Crippen molar-refractivity contribution in [2.45, 2.75) is 33.0 Å². The summed E-state index contributed by atoms with van der Waals surface area (Å²) in [6.45, 7) is 6.49. The molecule has 1 aromatic carbocycles. The predicted molar refractivity (Wildman–Crippen MR) is 73.7 cm³/mol. The molecule has 2 atom stereocenters. The van der Waals surface area contributed by atoms with Crippen LogP contribution < -0.4 is 0 Å².